The normalized spacial score (nSPS) is 12.2. The van der Waals surface area contributed by atoms with Crippen molar-refractivity contribution in [3.8, 4) is 5.75 Å². The molecular formula is C14H27N3O. The number of hydrogen-bond donors (Lipinski definition) is 1. The fourth-order valence-electron chi connectivity index (χ4n) is 2.25. The summed E-state index contributed by atoms with van der Waals surface area (Å²) in [5.41, 5.74) is 1.22. The first kappa shape index (κ1) is 15.0. The minimum absolute atomic E-state index is 0.0561. The lowest BCUT2D eigenvalue weighted by Gasteiger charge is -2.26. The Labute approximate surface area is 111 Å². The smallest absolute Gasteiger partial charge is 0.160 e. The quantitative estimate of drug-likeness (QED) is 0.758. The van der Waals surface area contributed by atoms with Gasteiger partial charge in [-0.05, 0) is 25.4 Å². The number of rotatable bonds is 7. The second-order valence-corrected chi connectivity index (χ2v) is 5.92. The van der Waals surface area contributed by atoms with E-state index < -0.39 is 0 Å². The molecule has 0 bridgehead atoms. The fourth-order valence-corrected chi connectivity index (χ4v) is 2.25. The zero-order chi connectivity index (χ0) is 13.8. The van der Waals surface area contributed by atoms with Gasteiger partial charge >= 0.3 is 0 Å². The van der Waals surface area contributed by atoms with Crippen molar-refractivity contribution in [2.45, 2.75) is 39.5 Å². The molecular weight excluding hydrogens is 226 g/mol. The van der Waals surface area contributed by atoms with Gasteiger partial charge in [-0.15, -0.1) is 0 Å². The van der Waals surface area contributed by atoms with Crippen LogP contribution in [0.5, 0.6) is 5.75 Å². The van der Waals surface area contributed by atoms with Crippen molar-refractivity contribution in [3.05, 3.63) is 11.9 Å². The third-order valence-corrected chi connectivity index (χ3v) is 3.25. The van der Waals surface area contributed by atoms with Crippen molar-refractivity contribution < 1.29 is 4.74 Å². The molecule has 0 aliphatic rings. The van der Waals surface area contributed by atoms with Gasteiger partial charge in [0.1, 0.15) is 0 Å². The molecule has 0 spiro atoms. The van der Waals surface area contributed by atoms with E-state index in [0.717, 1.165) is 31.0 Å². The van der Waals surface area contributed by atoms with Crippen LogP contribution in [0.15, 0.2) is 6.20 Å². The largest absolute Gasteiger partial charge is 0.493 e. The molecule has 4 nitrogen and oxygen atoms in total. The van der Waals surface area contributed by atoms with Crippen molar-refractivity contribution in [2.24, 2.45) is 13.0 Å². The summed E-state index contributed by atoms with van der Waals surface area (Å²) in [6.07, 6.45) is 2.86. The van der Waals surface area contributed by atoms with Crippen LogP contribution in [0.3, 0.4) is 0 Å². The van der Waals surface area contributed by atoms with Crippen molar-refractivity contribution in [2.75, 3.05) is 20.2 Å². The SMILES string of the molecule is COc1cnn(C)c1C(C)(C)CCNCC(C)C. The van der Waals surface area contributed by atoms with Crippen LogP contribution in [0, 0.1) is 5.92 Å². The van der Waals surface area contributed by atoms with Crippen LogP contribution in [0.1, 0.15) is 39.8 Å². The Balaban J connectivity index is 2.64. The van der Waals surface area contributed by atoms with Gasteiger partial charge in [-0.3, -0.25) is 4.68 Å². The van der Waals surface area contributed by atoms with Crippen LogP contribution in [0.25, 0.3) is 0 Å². The highest BCUT2D eigenvalue weighted by Gasteiger charge is 2.27. The predicted molar refractivity (Wildman–Crippen MR) is 75.1 cm³/mol. The highest BCUT2D eigenvalue weighted by atomic mass is 16.5. The third-order valence-electron chi connectivity index (χ3n) is 3.25. The van der Waals surface area contributed by atoms with Crippen LogP contribution in [0.2, 0.25) is 0 Å². The molecule has 0 aliphatic heterocycles. The monoisotopic (exact) mass is 253 g/mol. The Morgan fingerprint density at radius 3 is 2.67 bits per heavy atom. The van der Waals surface area contributed by atoms with E-state index >= 15 is 0 Å². The van der Waals surface area contributed by atoms with Gasteiger partial charge in [-0.25, -0.2) is 0 Å². The van der Waals surface area contributed by atoms with Gasteiger partial charge in [0, 0.05) is 12.5 Å². The van der Waals surface area contributed by atoms with Gasteiger partial charge < -0.3 is 10.1 Å². The first-order valence-corrected chi connectivity index (χ1v) is 6.65. The molecule has 1 rings (SSSR count). The van der Waals surface area contributed by atoms with Gasteiger partial charge in [-0.2, -0.15) is 5.10 Å². The molecule has 0 atom stereocenters. The number of aromatic nitrogens is 2. The number of nitrogens with one attached hydrogen (secondary N) is 1. The molecule has 0 unspecified atom stereocenters. The Hall–Kier alpha value is -1.03. The second-order valence-electron chi connectivity index (χ2n) is 5.92. The maximum absolute atomic E-state index is 5.39. The van der Waals surface area contributed by atoms with Crippen molar-refractivity contribution in [3.63, 3.8) is 0 Å². The fraction of sp³-hybridized carbons (Fsp3) is 0.786. The lowest BCUT2D eigenvalue weighted by Crippen LogP contribution is -2.29. The van der Waals surface area contributed by atoms with E-state index in [4.69, 9.17) is 4.74 Å². The summed E-state index contributed by atoms with van der Waals surface area (Å²) in [6.45, 7) is 11.0. The molecule has 0 saturated heterocycles. The molecule has 0 saturated carbocycles. The maximum atomic E-state index is 5.39. The number of aryl methyl sites for hydroxylation is 1. The van der Waals surface area contributed by atoms with E-state index in [2.05, 4.69) is 38.1 Å². The molecule has 4 heteroatoms. The molecule has 0 fully saturated rings. The lowest BCUT2D eigenvalue weighted by atomic mass is 9.85. The molecule has 0 aliphatic carbocycles. The summed E-state index contributed by atoms with van der Waals surface area (Å²) < 4.78 is 7.31. The molecule has 0 amide bonds. The average molecular weight is 253 g/mol. The zero-order valence-corrected chi connectivity index (χ0v) is 12.6. The highest BCUT2D eigenvalue weighted by molar-refractivity contribution is 5.31. The minimum atomic E-state index is 0.0561. The molecule has 18 heavy (non-hydrogen) atoms. The van der Waals surface area contributed by atoms with Crippen LogP contribution in [0.4, 0.5) is 0 Å². The van der Waals surface area contributed by atoms with E-state index in [0.29, 0.717) is 5.92 Å². The standard InChI is InChI=1S/C14H27N3O/c1-11(2)9-15-8-7-14(3,4)13-12(18-6)10-16-17(13)5/h10-11,15H,7-9H2,1-6H3. The highest BCUT2D eigenvalue weighted by Crippen LogP contribution is 2.33. The summed E-state index contributed by atoms with van der Waals surface area (Å²) in [4.78, 5) is 0. The van der Waals surface area contributed by atoms with Crippen LogP contribution < -0.4 is 10.1 Å². The summed E-state index contributed by atoms with van der Waals surface area (Å²) in [5.74, 6) is 1.57. The first-order chi connectivity index (χ1) is 8.38. The average Bonchev–Trinajstić information content (AvgIpc) is 2.66. The van der Waals surface area contributed by atoms with Crippen molar-refractivity contribution in [1.29, 1.82) is 0 Å². The van der Waals surface area contributed by atoms with Crippen LogP contribution in [-0.2, 0) is 12.5 Å². The van der Waals surface area contributed by atoms with Gasteiger partial charge in [0.15, 0.2) is 5.75 Å². The van der Waals surface area contributed by atoms with Crippen molar-refractivity contribution >= 4 is 0 Å². The topological polar surface area (TPSA) is 39.1 Å². The minimum Gasteiger partial charge on any atom is -0.493 e. The summed E-state index contributed by atoms with van der Waals surface area (Å²) in [5, 5.41) is 7.77. The van der Waals surface area contributed by atoms with Crippen LogP contribution in [-0.4, -0.2) is 30.0 Å². The number of nitrogens with zero attached hydrogens (tertiary/aromatic N) is 2. The Kier molecular flexibility index (Phi) is 5.20. The van der Waals surface area contributed by atoms with E-state index in [1.807, 2.05) is 11.7 Å². The second kappa shape index (κ2) is 6.23. The number of ether oxygens (including phenoxy) is 1. The molecule has 0 aromatic carbocycles. The molecule has 1 N–H and O–H groups in total. The van der Waals surface area contributed by atoms with Gasteiger partial charge in [0.05, 0.1) is 19.0 Å². The Morgan fingerprint density at radius 1 is 1.44 bits per heavy atom. The maximum Gasteiger partial charge on any atom is 0.160 e. The lowest BCUT2D eigenvalue weighted by molar-refractivity contribution is 0.368. The van der Waals surface area contributed by atoms with E-state index in [9.17, 15) is 0 Å². The van der Waals surface area contributed by atoms with Crippen LogP contribution >= 0.6 is 0 Å². The third kappa shape index (κ3) is 3.73. The summed E-state index contributed by atoms with van der Waals surface area (Å²) >= 11 is 0. The van der Waals surface area contributed by atoms with Crippen molar-refractivity contribution in [1.82, 2.24) is 15.1 Å². The van der Waals surface area contributed by atoms with E-state index in [1.54, 1.807) is 13.3 Å². The number of hydrogen-bond acceptors (Lipinski definition) is 3. The Bertz CT molecular complexity index is 369. The molecule has 1 aromatic heterocycles. The van der Waals surface area contributed by atoms with E-state index in [1.165, 1.54) is 0 Å². The summed E-state index contributed by atoms with van der Waals surface area (Å²) in [7, 11) is 3.68. The van der Waals surface area contributed by atoms with Gasteiger partial charge in [0.2, 0.25) is 0 Å². The molecule has 1 heterocycles. The molecule has 0 radical (unpaired) electrons. The molecule has 104 valence electrons. The zero-order valence-electron chi connectivity index (χ0n) is 12.6. The van der Waals surface area contributed by atoms with Gasteiger partial charge in [-0.1, -0.05) is 27.7 Å². The van der Waals surface area contributed by atoms with E-state index in [-0.39, 0.29) is 5.41 Å². The predicted octanol–water partition coefficient (Wildman–Crippen LogP) is 2.34. The first-order valence-electron chi connectivity index (χ1n) is 6.65. The van der Waals surface area contributed by atoms with Gasteiger partial charge in [0.25, 0.3) is 0 Å². The Morgan fingerprint density at radius 2 is 2.11 bits per heavy atom. The summed E-state index contributed by atoms with van der Waals surface area (Å²) in [6, 6.07) is 0. The number of methoxy groups -OCH3 is 1. The molecule has 1 aromatic rings.